The predicted molar refractivity (Wildman–Crippen MR) is 419 cm³/mol. The van der Waals surface area contributed by atoms with Crippen molar-refractivity contribution in [2.45, 2.75) is 187 Å². The molecule has 0 aromatic heterocycles. The van der Waals surface area contributed by atoms with E-state index in [4.69, 9.17) is 63.6 Å². The molecule has 0 amide bonds. The number of aryl methyl sites for hydroxylation is 5. The first-order chi connectivity index (χ1) is 47.8. The number of ether oxygens (including phenoxy) is 5. The van der Waals surface area contributed by atoms with Crippen molar-refractivity contribution >= 4 is 44.4 Å². The van der Waals surface area contributed by atoms with E-state index in [-0.39, 0.29) is 128 Å². The summed E-state index contributed by atoms with van der Waals surface area (Å²) in [4.78, 5) is 53.9. The van der Waals surface area contributed by atoms with E-state index in [0.29, 0.717) is 39.9 Å². The van der Waals surface area contributed by atoms with Crippen molar-refractivity contribution in [3.05, 3.63) is 169 Å². The number of nitriles is 2. The number of anilines is 1. The quantitative estimate of drug-likeness (QED) is 0.0270. The van der Waals surface area contributed by atoms with Crippen molar-refractivity contribution in [1.82, 2.24) is 29.8 Å². The number of piperazine rings is 3. The number of likely N-dealkylation sites (N-methyl/N-ethyl adjacent to an activating group) is 3. The minimum absolute atomic E-state index is 0. The number of nitro groups is 4. The van der Waals surface area contributed by atoms with Gasteiger partial charge in [-0.3, -0.25) is 50.3 Å². The van der Waals surface area contributed by atoms with Crippen LogP contribution in [-0.2, 0) is 32.6 Å². The van der Waals surface area contributed by atoms with E-state index in [0.717, 1.165) is 163 Å². The van der Waals surface area contributed by atoms with E-state index in [1.807, 2.05) is 32.1 Å². The molecule has 0 atom stereocenters. The van der Waals surface area contributed by atoms with Gasteiger partial charge in [0, 0.05) is 139 Å². The predicted octanol–water partition coefficient (Wildman–Crippen LogP) is 15.4. The van der Waals surface area contributed by atoms with Crippen molar-refractivity contribution in [1.29, 1.82) is 21.0 Å². The molecule has 28 nitrogen and oxygen atoms in total. The Morgan fingerprint density at radius 3 is 0.981 bits per heavy atom. The summed E-state index contributed by atoms with van der Waals surface area (Å²) < 4.78 is 28.8. The maximum absolute atomic E-state index is 11.2. The summed E-state index contributed by atoms with van der Waals surface area (Å²) in [6.45, 7) is 34.1. The number of halogens is 1. The topological polar surface area (TPSA) is 368 Å². The average Bonchev–Trinajstić information content (AvgIpc) is 1.84. The van der Waals surface area contributed by atoms with Gasteiger partial charge in [-0.25, -0.2) is 0 Å². The van der Waals surface area contributed by atoms with Gasteiger partial charge in [-0.05, 0) is 177 Å². The molecule has 0 spiro atoms. The summed E-state index contributed by atoms with van der Waals surface area (Å²) in [5, 5.41) is 77.1. The minimum Gasteiger partial charge on any atom is -0.512 e. The minimum atomic E-state index is -0.480. The van der Waals surface area contributed by atoms with Crippen LogP contribution in [0.25, 0.3) is 0 Å². The molecule has 3 N–H and O–H groups in total. The molecule has 5 aromatic rings. The Morgan fingerprint density at radius 1 is 0.430 bits per heavy atom. The molecule has 107 heavy (non-hydrogen) atoms. The van der Waals surface area contributed by atoms with Gasteiger partial charge in [-0.2, -0.15) is 10.5 Å². The molecule has 5 saturated carbocycles. The Morgan fingerprint density at radius 2 is 0.692 bits per heavy atom. The number of rotatable bonds is 18. The van der Waals surface area contributed by atoms with Crippen molar-refractivity contribution in [2.75, 3.05) is 105 Å². The molecule has 3 heterocycles. The molecule has 584 valence electrons. The number of nitro benzene ring substituents is 4. The molecule has 3 aliphatic heterocycles. The second kappa shape index (κ2) is 49.3. The Labute approximate surface area is 656 Å². The number of nitrogens with two attached hydrogens (primary N) is 1. The molecule has 0 unspecified atom stereocenters. The molecule has 8 fully saturated rings. The van der Waals surface area contributed by atoms with Gasteiger partial charge < -0.3 is 73.1 Å². The fourth-order valence-electron chi connectivity index (χ4n) is 10.2. The smallest absolute Gasteiger partial charge is 0.512 e. The van der Waals surface area contributed by atoms with Crippen LogP contribution in [0, 0.1) is 121 Å². The summed E-state index contributed by atoms with van der Waals surface area (Å²) >= 11 is 3.34. The van der Waals surface area contributed by atoms with Crippen molar-refractivity contribution in [3.8, 4) is 40.9 Å². The van der Waals surface area contributed by atoms with E-state index < -0.39 is 14.8 Å². The summed E-state index contributed by atoms with van der Waals surface area (Å²) in [5.41, 5.74) is 14.4. The molecule has 30 heteroatoms. The molecule has 3 saturated heterocycles. The Bertz CT molecular complexity index is 3660. The summed E-state index contributed by atoms with van der Waals surface area (Å²) in [6.07, 6.45) is 10.9. The van der Waals surface area contributed by atoms with E-state index in [9.17, 15) is 40.5 Å². The molecular formula is C77H114BrN15O13Zn. The van der Waals surface area contributed by atoms with Crippen LogP contribution < -0.4 is 34.7 Å². The average molecular weight is 1600 g/mol. The fraction of sp³-hybridized carbons (Fsp3) is 0.558. The number of hydrogen-bond acceptors (Lipinski definition) is 24. The van der Waals surface area contributed by atoms with Crippen LogP contribution in [-0.4, -0.2) is 174 Å². The molecule has 5 aliphatic carbocycles. The van der Waals surface area contributed by atoms with Crippen LogP contribution in [0.4, 0.5) is 28.4 Å². The second-order valence-electron chi connectivity index (χ2n) is 26.0. The van der Waals surface area contributed by atoms with Gasteiger partial charge >= 0.3 is 42.2 Å². The fourth-order valence-corrected chi connectivity index (χ4v) is 10.5. The third kappa shape index (κ3) is 33.6. The monoisotopic (exact) mass is 1600 g/mol. The van der Waals surface area contributed by atoms with Crippen LogP contribution in [0.15, 0.2) is 65.1 Å². The van der Waals surface area contributed by atoms with Gasteiger partial charge in [0.1, 0.15) is 5.75 Å². The van der Waals surface area contributed by atoms with Gasteiger partial charge in [0.15, 0.2) is 23.0 Å². The van der Waals surface area contributed by atoms with Gasteiger partial charge in [0.25, 0.3) is 0 Å². The van der Waals surface area contributed by atoms with Gasteiger partial charge in [0.2, 0.25) is 0 Å². The van der Waals surface area contributed by atoms with Gasteiger partial charge in [-0.1, -0.05) is 60.5 Å². The zero-order chi connectivity index (χ0) is 73.3. The van der Waals surface area contributed by atoms with Crippen LogP contribution in [0.1, 0.15) is 159 Å². The van der Waals surface area contributed by atoms with E-state index in [1.54, 1.807) is 26.0 Å². The van der Waals surface area contributed by atoms with Crippen LogP contribution in [0.5, 0.6) is 28.7 Å². The number of hydrogen-bond donors (Lipinski definition) is 2. The van der Waals surface area contributed by atoms with Crippen LogP contribution in [0.3, 0.4) is 0 Å². The molecular weight excluding hydrogens is 1490 g/mol. The number of benzene rings is 5. The first-order valence-electron chi connectivity index (χ1n) is 33.3. The standard InChI is InChI=1S/C16H23N3O3.C16H25N3O.2C11H10N2O3.C10H10BrNO3.C5H12N2.2CN.6CH4.Zn/c1-12-9-15(19(20)21)16(22-14-3-4-14)10-13(12)11-18-7-5-17(2)6-8-18;1-12-9-15(17)16(20-14-3-4-14)10-13(12)11-19-7-5-18(2)6-8-19;2*1-7-4-10(13(14)15)11(5-8(7)6-12)16-9-2-3-9;1-6-4-9(12(13)14)10(5-8(6)11)15-7-2-3-7;1-7-4-2-6-3-5-7;2*1-2;;;;;;;/h9-10,14H,3-8,11H2,1-2H3;9-10,14H,3-8,11,17H2,1-2H3;2*4-5,9H,2-3H2,1H3;4-5,7H,2-3H2,1H3;6H,2-5H2,1H3;;;6*1H4;/q;;;;;;2*-1;;;;;;;+2. The van der Waals surface area contributed by atoms with Crippen molar-refractivity contribution < 1.29 is 62.9 Å². The van der Waals surface area contributed by atoms with Crippen molar-refractivity contribution in [2.24, 2.45) is 0 Å². The molecule has 8 aliphatic rings. The Kier molecular flexibility index (Phi) is 46.3. The van der Waals surface area contributed by atoms with Gasteiger partial charge in [0.05, 0.1) is 79.2 Å². The maximum atomic E-state index is 11.2. The van der Waals surface area contributed by atoms with Crippen LogP contribution >= 0.6 is 15.9 Å². The molecule has 5 aromatic carbocycles. The zero-order valence-corrected chi connectivity index (χ0v) is 63.5. The van der Waals surface area contributed by atoms with E-state index in [2.05, 4.69) is 85.9 Å². The normalized spacial score (nSPS) is 16.1. The summed E-state index contributed by atoms with van der Waals surface area (Å²) in [6, 6.07) is 20.6. The number of nitrogens with zero attached hydrogens (tertiary/aromatic N) is 13. The van der Waals surface area contributed by atoms with Crippen molar-refractivity contribution in [3.63, 3.8) is 0 Å². The first-order valence-corrected chi connectivity index (χ1v) is 34.1. The number of nitrogens with one attached hydrogen (secondary N) is 1. The third-order valence-corrected chi connectivity index (χ3v) is 18.0. The Balaban J connectivity index is 0. The largest absolute Gasteiger partial charge is 2.00 e. The molecule has 13 rings (SSSR count). The van der Waals surface area contributed by atoms with E-state index in [1.165, 1.54) is 67.4 Å². The maximum Gasteiger partial charge on any atom is 2.00 e. The SMILES string of the molecule is C.C.C.C.C.C.CN1CCNCC1.Cc1cc(N)c(OC2CC2)cc1CN1CCN(C)CC1.Cc1cc([N+](=O)[O-])c(OC2CC2)cc1Br.Cc1cc([N+](=O)[O-])c(OC2CC2)cc1C#N.Cc1cc([N+](=O)[O-])c(OC2CC2)cc1C#N.Cc1cc([N+](=O)[O-])c(OC2CC2)cc1CN1CCN(C)CC1.[C-]#N.[C-]#N.[Zn+2]. The van der Waals surface area contributed by atoms with E-state index >= 15 is 0 Å². The van der Waals surface area contributed by atoms with Crippen LogP contribution in [0.2, 0.25) is 0 Å². The summed E-state index contributed by atoms with van der Waals surface area (Å²) in [7, 11) is 6.48. The van der Waals surface area contributed by atoms with Gasteiger partial charge in [-0.15, -0.1) is 0 Å². The first kappa shape index (κ1) is 100. The molecule has 0 bridgehead atoms. The zero-order valence-electron chi connectivity index (χ0n) is 58.9. The second-order valence-corrected chi connectivity index (χ2v) is 26.8. The molecule has 0 radical (unpaired) electrons. The Hall–Kier alpha value is -8.68. The number of nitrogen functional groups attached to an aromatic ring is 1. The summed E-state index contributed by atoms with van der Waals surface area (Å²) in [5.74, 6) is 2.08. The third-order valence-electron chi connectivity index (χ3n) is 17.2.